The number of aryl methyl sites for hydroxylation is 1. The number of rotatable bonds is 4. The van der Waals surface area contributed by atoms with Crippen molar-refractivity contribution in [2.75, 3.05) is 11.1 Å². The van der Waals surface area contributed by atoms with Gasteiger partial charge in [0.15, 0.2) is 0 Å². The number of nitrogens with two attached hydrogens (primary N) is 1. The molecule has 114 valence electrons. The maximum absolute atomic E-state index is 11.9. The van der Waals surface area contributed by atoms with Crippen LogP contribution in [0.1, 0.15) is 12.0 Å². The van der Waals surface area contributed by atoms with Gasteiger partial charge < -0.3 is 16.4 Å². The molecular formula is C13H17ClN4O2S. The molecule has 2 atom stereocenters. The topological polar surface area (TPSA) is 96.2 Å². The predicted octanol–water partition coefficient (Wildman–Crippen LogP) is 0.998. The van der Waals surface area contributed by atoms with Crippen LogP contribution in [0.2, 0.25) is 5.02 Å². The third kappa shape index (κ3) is 4.89. The van der Waals surface area contributed by atoms with Gasteiger partial charge in [-0.1, -0.05) is 17.7 Å². The summed E-state index contributed by atoms with van der Waals surface area (Å²) in [6, 6.07) is 5.34. The molecule has 1 aliphatic heterocycles. The Bertz CT molecular complexity index is 555. The second kappa shape index (κ2) is 7.13. The van der Waals surface area contributed by atoms with Gasteiger partial charge in [-0.15, -0.1) is 11.8 Å². The van der Waals surface area contributed by atoms with Crippen molar-refractivity contribution >= 4 is 40.9 Å². The van der Waals surface area contributed by atoms with Crippen LogP contribution in [-0.4, -0.2) is 29.2 Å². The van der Waals surface area contributed by atoms with E-state index in [1.807, 2.05) is 13.0 Å². The molecule has 1 aromatic carbocycles. The lowest BCUT2D eigenvalue weighted by molar-refractivity contribution is -0.123. The van der Waals surface area contributed by atoms with Gasteiger partial charge in [-0.05, 0) is 24.6 Å². The average molecular weight is 329 g/mol. The van der Waals surface area contributed by atoms with E-state index in [2.05, 4.69) is 16.0 Å². The van der Waals surface area contributed by atoms with E-state index in [4.69, 9.17) is 17.3 Å². The van der Waals surface area contributed by atoms with Crippen molar-refractivity contribution in [1.29, 1.82) is 0 Å². The second-order valence-corrected chi connectivity index (χ2v) is 6.25. The third-order valence-electron chi connectivity index (χ3n) is 2.90. The van der Waals surface area contributed by atoms with Gasteiger partial charge in [0.05, 0.1) is 18.3 Å². The first-order valence-electron chi connectivity index (χ1n) is 6.42. The monoisotopic (exact) mass is 328 g/mol. The summed E-state index contributed by atoms with van der Waals surface area (Å²) >= 11 is 7.27. The molecule has 2 amide bonds. The summed E-state index contributed by atoms with van der Waals surface area (Å²) in [6.07, 6.45) is -0.138. The Hall–Kier alpha value is -1.28. The SMILES string of the molecule is Cc1ccc(NC(=O)CSC2NC(=O)CC(N)N2)cc1Cl. The van der Waals surface area contributed by atoms with Gasteiger partial charge in [0.2, 0.25) is 11.8 Å². The van der Waals surface area contributed by atoms with E-state index in [1.165, 1.54) is 11.8 Å². The standard InChI is InChI=1S/C13H17ClN4O2S/c1-7-2-3-8(4-9(7)14)16-12(20)6-21-13-17-10(15)5-11(19)18-13/h2-4,10,13,17H,5-6,15H2,1H3,(H,16,20)(H,18,19). The summed E-state index contributed by atoms with van der Waals surface area (Å²) in [6.45, 7) is 1.89. The van der Waals surface area contributed by atoms with Crippen LogP contribution < -0.4 is 21.7 Å². The number of hydrogen-bond acceptors (Lipinski definition) is 5. The van der Waals surface area contributed by atoms with E-state index in [-0.39, 0.29) is 35.7 Å². The number of hydrogen-bond donors (Lipinski definition) is 4. The zero-order valence-corrected chi connectivity index (χ0v) is 13.1. The zero-order valence-electron chi connectivity index (χ0n) is 11.5. The lowest BCUT2D eigenvalue weighted by Gasteiger charge is -2.28. The van der Waals surface area contributed by atoms with E-state index in [0.29, 0.717) is 10.7 Å². The molecule has 1 aliphatic rings. The molecule has 2 unspecified atom stereocenters. The van der Waals surface area contributed by atoms with Gasteiger partial charge in [-0.3, -0.25) is 14.9 Å². The van der Waals surface area contributed by atoms with Crippen molar-refractivity contribution in [2.24, 2.45) is 5.73 Å². The van der Waals surface area contributed by atoms with Crippen LogP contribution in [0.15, 0.2) is 18.2 Å². The van der Waals surface area contributed by atoms with Crippen LogP contribution >= 0.6 is 23.4 Å². The van der Waals surface area contributed by atoms with Crippen molar-refractivity contribution in [3.05, 3.63) is 28.8 Å². The fourth-order valence-electron chi connectivity index (χ4n) is 1.82. The smallest absolute Gasteiger partial charge is 0.234 e. The maximum atomic E-state index is 11.9. The summed E-state index contributed by atoms with van der Waals surface area (Å²) in [5.74, 6) is -0.101. The lowest BCUT2D eigenvalue weighted by atomic mass is 10.2. The molecule has 1 heterocycles. The van der Waals surface area contributed by atoms with Gasteiger partial charge in [-0.25, -0.2) is 0 Å². The third-order valence-corrected chi connectivity index (χ3v) is 4.32. The minimum absolute atomic E-state index is 0.121. The van der Waals surface area contributed by atoms with Crippen molar-refractivity contribution in [3.8, 4) is 0 Å². The normalized spacial score (nSPS) is 21.8. The molecule has 6 nitrogen and oxygen atoms in total. The van der Waals surface area contributed by atoms with Crippen molar-refractivity contribution in [3.63, 3.8) is 0 Å². The molecule has 0 bridgehead atoms. The van der Waals surface area contributed by atoms with E-state index >= 15 is 0 Å². The Morgan fingerprint density at radius 1 is 1.57 bits per heavy atom. The zero-order chi connectivity index (χ0) is 15.4. The summed E-state index contributed by atoms with van der Waals surface area (Å²) in [4.78, 5) is 23.2. The molecule has 5 N–H and O–H groups in total. The molecule has 8 heteroatoms. The number of amides is 2. The highest BCUT2D eigenvalue weighted by Crippen LogP contribution is 2.20. The average Bonchev–Trinajstić information content (AvgIpc) is 2.40. The molecule has 0 saturated carbocycles. The highest BCUT2D eigenvalue weighted by Gasteiger charge is 2.23. The summed E-state index contributed by atoms with van der Waals surface area (Å²) in [7, 11) is 0. The van der Waals surface area contributed by atoms with Crippen LogP contribution in [-0.2, 0) is 9.59 Å². The molecule has 0 spiro atoms. The number of thioether (sulfide) groups is 1. The first-order chi connectivity index (χ1) is 9.94. The van der Waals surface area contributed by atoms with Crippen LogP contribution in [0.25, 0.3) is 0 Å². The quantitative estimate of drug-likeness (QED) is 0.661. The maximum Gasteiger partial charge on any atom is 0.234 e. The van der Waals surface area contributed by atoms with Gasteiger partial charge in [0.1, 0.15) is 5.50 Å². The van der Waals surface area contributed by atoms with Crippen LogP contribution in [0, 0.1) is 6.92 Å². The Balaban J connectivity index is 1.81. The van der Waals surface area contributed by atoms with E-state index in [9.17, 15) is 9.59 Å². The molecule has 1 saturated heterocycles. The minimum Gasteiger partial charge on any atom is -0.332 e. The fraction of sp³-hybridized carbons (Fsp3) is 0.385. The van der Waals surface area contributed by atoms with Crippen molar-refractivity contribution in [2.45, 2.75) is 25.0 Å². The first-order valence-corrected chi connectivity index (χ1v) is 7.85. The number of benzene rings is 1. The highest BCUT2D eigenvalue weighted by atomic mass is 35.5. The summed E-state index contributed by atoms with van der Waals surface area (Å²) in [5.41, 5.74) is 6.92. The Labute approximate surface area is 132 Å². The number of carbonyl (C=O) groups excluding carboxylic acids is 2. The number of nitrogens with one attached hydrogen (secondary N) is 3. The first kappa shape index (κ1) is 16.1. The second-order valence-electron chi connectivity index (χ2n) is 4.75. The van der Waals surface area contributed by atoms with E-state index < -0.39 is 0 Å². The van der Waals surface area contributed by atoms with E-state index in [1.54, 1.807) is 12.1 Å². The largest absolute Gasteiger partial charge is 0.332 e. The van der Waals surface area contributed by atoms with Crippen molar-refractivity contribution < 1.29 is 9.59 Å². The van der Waals surface area contributed by atoms with E-state index in [0.717, 1.165) is 5.56 Å². The Morgan fingerprint density at radius 3 is 3.00 bits per heavy atom. The molecular weight excluding hydrogens is 312 g/mol. The number of carbonyl (C=O) groups is 2. The minimum atomic E-state index is -0.379. The van der Waals surface area contributed by atoms with Gasteiger partial charge in [0.25, 0.3) is 0 Å². The predicted molar refractivity (Wildman–Crippen MR) is 84.9 cm³/mol. The molecule has 2 rings (SSSR count). The summed E-state index contributed by atoms with van der Waals surface area (Å²) in [5, 5.41) is 9.06. The Morgan fingerprint density at radius 2 is 2.33 bits per heavy atom. The molecule has 0 aromatic heterocycles. The number of anilines is 1. The van der Waals surface area contributed by atoms with Gasteiger partial charge >= 0.3 is 0 Å². The van der Waals surface area contributed by atoms with Gasteiger partial charge in [0, 0.05) is 10.7 Å². The molecule has 0 aliphatic carbocycles. The Kier molecular flexibility index (Phi) is 5.46. The molecule has 0 radical (unpaired) electrons. The van der Waals surface area contributed by atoms with Gasteiger partial charge in [-0.2, -0.15) is 0 Å². The van der Waals surface area contributed by atoms with Crippen LogP contribution in [0.4, 0.5) is 5.69 Å². The number of halogens is 1. The fourth-order valence-corrected chi connectivity index (χ4v) is 2.87. The van der Waals surface area contributed by atoms with Crippen LogP contribution in [0.5, 0.6) is 0 Å². The molecule has 1 aromatic rings. The van der Waals surface area contributed by atoms with Crippen molar-refractivity contribution in [1.82, 2.24) is 10.6 Å². The molecule has 21 heavy (non-hydrogen) atoms. The molecule has 1 fully saturated rings. The summed E-state index contributed by atoms with van der Waals surface area (Å²) < 4.78 is 0. The lowest BCUT2D eigenvalue weighted by Crippen LogP contribution is -2.58. The van der Waals surface area contributed by atoms with Crippen LogP contribution in [0.3, 0.4) is 0 Å². The highest BCUT2D eigenvalue weighted by molar-refractivity contribution is 8.00.